The van der Waals surface area contributed by atoms with E-state index < -0.39 is 6.10 Å². The van der Waals surface area contributed by atoms with Crippen LogP contribution < -0.4 is 0 Å². The summed E-state index contributed by atoms with van der Waals surface area (Å²) in [6, 6.07) is 9.92. The highest BCUT2D eigenvalue weighted by atomic mass is 16.3. The van der Waals surface area contributed by atoms with Crippen LogP contribution >= 0.6 is 0 Å². The average molecular weight is 242 g/mol. The van der Waals surface area contributed by atoms with E-state index in [4.69, 9.17) is 0 Å². The molecule has 0 aromatic heterocycles. The van der Waals surface area contributed by atoms with Gasteiger partial charge in [0, 0.05) is 0 Å². The first-order valence-corrected chi connectivity index (χ1v) is 6.88. The first-order valence-electron chi connectivity index (χ1n) is 6.88. The Hall–Kier alpha value is -1.34. The first kappa shape index (κ1) is 13.1. The van der Waals surface area contributed by atoms with E-state index >= 15 is 0 Å². The molecule has 1 saturated carbocycles. The molecule has 0 spiro atoms. The SMILES string of the molecule is C=C/C=C(\C1CCCCC1)[C@@H](O)c1ccccc1. The molecule has 1 aliphatic rings. The van der Waals surface area contributed by atoms with Gasteiger partial charge in [0.1, 0.15) is 6.10 Å². The summed E-state index contributed by atoms with van der Waals surface area (Å²) >= 11 is 0. The summed E-state index contributed by atoms with van der Waals surface area (Å²) in [5, 5.41) is 10.5. The summed E-state index contributed by atoms with van der Waals surface area (Å²) in [7, 11) is 0. The highest BCUT2D eigenvalue weighted by Crippen LogP contribution is 2.36. The summed E-state index contributed by atoms with van der Waals surface area (Å²) in [5.74, 6) is 0.520. The largest absolute Gasteiger partial charge is 0.384 e. The molecule has 1 heteroatoms. The topological polar surface area (TPSA) is 20.2 Å². The lowest BCUT2D eigenvalue weighted by atomic mass is 9.80. The Morgan fingerprint density at radius 1 is 1.17 bits per heavy atom. The Kier molecular flexibility index (Phi) is 4.77. The summed E-state index contributed by atoms with van der Waals surface area (Å²) < 4.78 is 0. The molecule has 1 aromatic carbocycles. The second-order valence-electron chi connectivity index (χ2n) is 5.05. The number of benzene rings is 1. The van der Waals surface area contributed by atoms with Gasteiger partial charge in [-0.25, -0.2) is 0 Å². The quantitative estimate of drug-likeness (QED) is 0.775. The van der Waals surface area contributed by atoms with Crippen molar-refractivity contribution >= 4 is 0 Å². The fraction of sp³-hybridized carbons (Fsp3) is 0.412. The van der Waals surface area contributed by atoms with E-state index in [1.54, 1.807) is 6.08 Å². The van der Waals surface area contributed by atoms with E-state index in [1.807, 2.05) is 36.4 Å². The Morgan fingerprint density at radius 2 is 1.83 bits per heavy atom. The van der Waals surface area contributed by atoms with Crippen LogP contribution in [0.15, 0.2) is 54.6 Å². The zero-order chi connectivity index (χ0) is 12.8. The van der Waals surface area contributed by atoms with E-state index in [1.165, 1.54) is 32.1 Å². The van der Waals surface area contributed by atoms with Crippen LogP contribution in [0.4, 0.5) is 0 Å². The van der Waals surface area contributed by atoms with E-state index in [9.17, 15) is 5.11 Å². The van der Waals surface area contributed by atoms with Gasteiger partial charge in [-0.15, -0.1) is 0 Å². The van der Waals surface area contributed by atoms with E-state index in [0.29, 0.717) is 5.92 Å². The minimum absolute atomic E-state index is 0.479. The van der Waals surface area contributed by atoms with Gasteiger partial charge in [-0.1, -0.05) is 68.3 Å². The van der Waals surface area contributed by atoms with Crippen molar-refractivity contribution in [3.05, 3.63) is 60.2 Å². The molecule has 0 amide bonds. The second-order valence-corrected chi connectivity index (χ2v) is 5.05. The molecule has 0 saturated heterocycles. The molecule has 1 fully saturated rings. The number of hydrogen-bond acceptors (Lipinski definition) is 1. The van der Waals surface area contributed by atoms with Gasteiger partial charge >= 0.3 is 0 Å². The van der Waals surface area contributed by atoms with Crippen molar-refractivity contribution in [2.24, 2.45) is 5.92 Å². The molecule has 1 aliphatic carbocycles. The third kappa shape index (κ3) is 3.11. The van der Waals surface area contributed by atoms with Gasteiger partial charge in [-0.05, 0) is 29.9 Å². The van der Waals surface area contributed by atoms with Crippen molar-refractivity contribution < 1.29 is 5.11 Å². The van der Waals surface area contributed by atoms with Gasteiger partial charge < -0.3 is 5.11 Å². The second kappa shape index (κ2) is 6.55. The molecule has 2 rings (SSSR count). The lowest BCUT2D eigenvalue weighted by molar-refractivity contribution is 0.191. The molecule has 1 aromatic rings. The van der Waals surface area contributed by atoms with Crippen LogP contribution in [0.3, 0.4) is 0 Å². The smallest absolute Gasteiger partial charge is 0.101 e. The summed E-state index contributed by atoms with van der Waals surface area (Å²) in [6.07, 6.45) is 9.62. The molecule has 0 radical (unpaired) electrons. The monoisotopic (exact) mass is 242 g/mol. The molecular formula is C17H22O. The molecule has 18 heavy (non-hydrogen) atoms. The van der Waals surface area contributed by atoms with Crippen LogP contribution in [0, 0.1) is 5.92 Å². The zero-order valence-electron chi connectivity index (χ0n) is 10.9. The van der Waals surface area contributed by atoms with Gasteiger partial charge in [-0.3, -0.25) is 0 Å². The van der Waals surface area contributed by atoms with Crippen LogP contribution in [0.25, 0.3) is 0 Å². The summed E-state index contributed by atoms with van der Waals surface area (Å²) in [4.78, 5) is 0. The lowest BCUT2D eigenvalue weighted by Crippen LogP contribution is -2.15. The molecule has 0 aliphatic heterocycles. The highest BCUT2D eigenvalue weighted by molar-refractivity contribution is 5.29. The average Bonchev–Trinajstić information content (AvgIpc) is 2.46. The predicted molar refractivity (Wildman–Crippen MR) is 76.3 cm³/mol. The maximum absolute atomic E-state index is 10.5. The fourth-order valence-electron chi connectivity index (χ4n) is 2.85. The minimum atomic E-state index is -0.479. The zero-order valence-corrected chi connectivity index (χ0v) is 10.9. The van der Waals surface area contributed by atoms with Crippen LogP contribution in [0.5, 0.6) is 0 Å². The number of rotatable bonds is 4. The van der Waals surface area contributed by atoms with E-state index in [0.717, 1.165) is 11.1 Å². The van der Waals surface area contributed by atoms with Crippen molar-refractivity contribution in [3.8, 4) is 0 Å². The van der Waals surface area contributed by atoms with Crippen molar-refractivity contribution in [1.29, 1.82) is 0 Å². The van der Waals surface area contributed by atoms with Crippen LogP contribution in [-0.2, 0) is 0 Å². The van der Waals surface area contributed by atoms with Crippen LogP contribution in [0.2, 0.25) is 0 Å². The van der Waals surface area contributed by atoms with Gasteiger partial charge in [0.25, 0.3) is 0 Å². The van der Waals surface area contributed by atoms with E-state index in [-0.39, 0.29) is 0 Å². The fourth-order valence-corrected chi connectivity index (χ4v) is 2.85. The summed E-state index contributed by atoms with van der Waals surface area (Å²) in [6.45, 7) is 3.78. The minimum Gasteiger partial charge on any atom is -0.384 e. The predicted octanol–water partition coefficient (Wildman–Crippen LogP) is 4.41. The van der Waals surface area contributed by atoms with Crippen molar-refractivity contribution in [1.82, 2.24) is 0 Å². The van der Waals surface area contributed by atoms with Crippen molar-refractivity contribution in [2.45, 2.75) is 38.2 Å². The lowest BCUT2D eigenvalue weighted by Gasteiger charge is -2.27. The molecule has 1 nitrogen and oxygen atoms in total. The molecule has 0 unspecified atom stereocenters. The third-order valence-corrected chi connectivity index (χ3v) is 3.82. The first-order chi connectivity index (χ1) is 8.83. The maximum Gasteiger partial charge on any atom is 0.101 e. The van der Waals surface area contributed by atoms with Crippen molar-refractivity contribution in [2.75, 3.05) is 0 Å². The number of allylic oxidation sites excluding steroid dienone is 2. The standard InChI is InChI=1S/C17H22O/c1-2-9-16(14-10-5-3-6-11-14)17(18)15-12-7-4-8-13-15/h2,4,7-9,12-14,17-18H,1,3,5-6,10-11H2/b16-9+/t17-/m0/s1. The molecule has 1 N–H and O–H groups in total. The highest BCUT2D eigenvalue weighted by Gasteiger charge is 2.23. The Morgan fingerprint density at radius 3 is 2.44 bits per heavy atom. The van der Waals surface area contributed by atoms with Crippen LogP contribution in [0.1, 0.15) is 43.8 Å². The molecule has 0 bridgehead atoms. The number of hydrogen-bond donors (Lipinski definition) is 1. The molecule has 1 atom stereocenters. The molecule has 96 valence electrons. The Bertz CT molecular complexity index is 399. The summed E-state index contributed by atoms with van der Waals surface area (Å²) in [5.41, 5.74) is 2.12. The molecule has 0 heterocycles. The Balaban J connectivity index is 2.19. The number of aliphatic hydroxyl groups is 1. The van der Waals surface area contributed by atoms with Gasteiger partial charge in [0.15, 0.2) is 0 Å². The van der Waals surface area contributed by atoms with E-state index in [2.05, 4.69) is 6.58 Å². The Labute approximate surface area is 110 Å². The molecular weight excluding hydrogens is 220 g/mol. The van der Waals surface area contributed by atoms with Gasteiger partial charge in [-0.2, -0.15) is 0 Å². The van der Waals surface area contributed by atoms with Gasteiger partial charge in [0.2, 0.25) is 0 Å². The van der Waals surface area contributed by atoms with Crippen LogP contribution in [-0.4, -0.2) is 5.11 Å². The van der Waals surface area contributed by atoms with Crippen molar-refractivity contribution in [3.63, 3.8) is 0 Å². The van der Waals surface area contributed by atoms with Gasteiger partial charge in [0.05, 0.1) is 0 Å². The normalized spacial score (nSPS) is 19.5. The number of aliphatic hydroxyl groups excluding tert-OH is 1. The maximum atomic E-state index is 10.5. The third-order valence-electron chi connectivity index (χ3n) is 3.82.